The van der Waals surface area contributed by atoms with Crippen LogP contribution >= 0.6 is 35.2 Å². The normalized spacial score (nSPS) is 12.5. The molecule has 0 unspecified atom stereocenters. The zero-order valence-corrected chi connectivity index (χ0v) is 17.7. The van der Waals surface area contributed by atoms with Crippen molar-refractivity contribution in [1.29, 1.82) is 0 Å². The highest BCUT2D eigenvalue weighted by atomic mass is 35.5. The van der Waals surface area contributed by atoms with Gasteiger partial charge in [0.1, 0.15) is 15.7 Å². The van der Waals surface area contributed by atoms with Gasteiger partial charge in [-0.15, -0.1) is 0 Å². The summed E-state index contributed by atoms with van der Waals surface area (Å²) in [5.74, 6) is 0.666. The van der Waals surface area contributed by atoms with Gasteiger partial charge in [-0.3, -0.25) is 0 Å². The lowest BCUT2D eigenvalue weighted by Crippen LogP contribution is -2.19. The maximum absolute atomic E-state index is 6.11. The molecular formula is C18H24ClN3OS2. The number of ether oxygens (including phenoxy) is 1. The van der Waals surface area contributed by atoms with Crippen molar-refractivity contribution in [2.45, 2.75) is 52.5 Å². The van der Waals surface area contributed by atoms with Crippen LogP contribution in [0.15, 0.2) is 23.2 Å². The van der Waals surface area contributed by atoms with Gasteiger partial charge in [0.15, 0.2) is 0 Å². The number of halogens is 1. The van der Waals surface area contributed by atoms with Crippen LogP contribution in [0.2, 0.25) is 5.02 Å². The predicted molar refractivity (Wildman–Crippen MR) is 109 cm³/mol. The van der Waals surface area contributed by atoms with Gasteiger partial charge in [0.25, 0.3) is 0 Å². The molecule has 0 bridgehead atoms. The molecule has 1 aromatic heterocycles. The lowest BCUT2D eigenvalue weighted by molar-refractivity contribution is 0.414. The van der Waals surface area contributed by atoms with E-state index in [1.807, 2.05) is 4.68 Å². The molecule has 0 saturated heterocycles. The lowest BCUT2D eigenvalue weighted by atomic mass is 9.98. The van der Waals surface area contributed by atoms with E-state index < -0.39 is 0 Å². The second-order valence-electron chi connectivity index (χ2n) is 6.78. The van der Waals surface area contributed by atoms with Crippen molar-refractivity contribution < 1.29 is 4.74 Å². The van der Waals surface area contributed by atoms with E-state index in [-0.39, 0.29) is 5.41 Å². The van der Waals surface area contributed by atoms with Crippen LogP contribution < -0.4 is 9.54 Å². The van der Waals surface area contributed by atoms with Gasteiger partial charge in [-0.25, -0.2) is 9.67 Å². The Balaban J connectivity index is 2.50. The Bertz CT molecular complexity index is 818. The van der Waals surface area contributed by atoms with Crippen LogP contribution in [-0.4, -0.2) is 21.9 Å². The highest BCUT2D eigenvalue weighted by Gasteiger charge is 2.20. The highest BCUT2D eigenvalue weighted by Crippen LogP contribution is 2.25. The molecule has 4 nitrogen and oxygen atoms in total. The standard InChI is InChI=1S/C18H24ClN3OS2/c1-6-7-10-22-17(25-16(21-22)18(2,3)4)20-15(24)13-11-12(19)8-9-14(13)23-5/h8-9,11H,6-7,10H2,1-5H3. The van der Waals surface area contributed by atoms with Gasteiger partial charge in [-0.05, 0) is 24.6 Å². The van der Waals surface area contributed by atoms with Crippen LogP contribution in [0.3, 0.4) is 0 Å². The molecule has 0 aliphatic heterocycles. The molecule has 0 aliphatic carbocycles. The molecule has 25 heavy (non-hydrogen) atoms. The molecule has 1 heterocycles. The summed E-state index contributed by atoms with van der Waals surface area (Å²) in [6.45, 7) is 9.45. The van der Waals surface area contributed by atoms with Crippen LogP contribution in [-0.2, 0) is 12.0 Å². The van der Waals surface area contributed by atoms with Gasteiger partial charge in [-0.1, -0.05) is 69.3 Å². The van der Waals surface area contributed by atoms with Crippen LogP contribution in [0.5, 0.6) is 5.75 Å². The third-order valence-electron chi connectivity index (χ3n) is 3.57. The van der Waals surface area contributed by atoms with Gasteiger partial charge < -0.3 is 4.74 Å². The number of benzene rings is 1. The number of hydrogen-bond donors (Lipinski definition) is 0. The molecule has 0 saturated carbocycles. The van der Waals surface area contributed by atoms with Crippen molar-refractivity contribution in [3.05, 3.63) is 38.6 Å². The van der Waals surface area contributed by atoms with E-state index >= 15 is 0 Å². The Hall–Kier alpha value is -1.24. The van der Waals surface area contributed by atoms with E-state index in [2.05, 4.69) is 32.7 Å². The van der Waals surface area contributed by atoms with Crippen LogP contribution in [0.25, 0.3) is 0 Å². The summed E-state index contributed by atoms with van der Waals surface area (Å²) < 4.78 is 7.35. The Morgan fingerprint density at radius 3 is 2.72 bits per heavy atom. The van der Waals surface area contributed by atoms with E-state index in [4.69, 9.17) is 33.7 Å². The first kappa shape index (κ1) is 20.1. The Labute approximate surface area is 163 Å². The SMILES string of the molecule is CCCCn1nc(C(C)(C)C)sc1=NC(=S)c1cc(Cl)ccc1OC. The minimum absolute atomic E-state index is 0.0260. The molecule has 136 valence electrons. The number of unbranched alkanes of at least 4 members (excludes halogenated alkanes) is 1. The zero-order valence-electron chi connectivity index (χ0n) is 15.3. The number of aryl methyl sites for hydroxylation is 1. The Kier molecular flexibility index (Phi) is 6.77. The fourth-order valence-corrected chi connectivity index (χ4v) is 3.61. The minimum atomic E-state index is -0.0260. The number of methoxy groups -OCH3 is 1. The first-order chi connectivity index (χ1) is 11.8. The fraction of sp³-hybridized carbons (Fsp3) is 0.500. The average Bonchev–Trinajstić information content (AvgIpc) is 2.95. The Morgan fingerprint density at radius 1 is 1.40 bits per heavy atom. The number of hydrogen-bond acceptors (Lipinski definition) is 4. The molecule has 0 atom stereocenters. The summed E-state index contributed by atoms with van der Waals surface area (Å²) in [4.78, 5) is 5.94. The maximum Gasteiger partial charge on any atom is 0.209 e. The van der Waals surface area contributed by atoms with E-state index in [0.717, 1.165) is 34.8 Å². The quantitative estimate of drug-likeness (QED) is 0.668. The van der Waals surface area contributed by atoms with Crippen molar-refractivity contribution in [2.24, 2.45) is 4.99 Å². The van der Waals surface area contributed by atoms with E-state index in [9.17, 15) is 0 Å². The molecule has 0 fully saturated rings. The second kappa shape index (κ2) is 8.43. The third-order valence-corrected chi connectivity index (χ3v) is 5.49. The van der Waals surface area contributed by atoms with Crippen LogP contribution in [0, 0.1) is 0 Å². The molecule has 0 N–H and O–H groups in total. The lowest BCUT2D eigenvalue weighted by Gasteiger charge is -2.12. The van der Waals surface area contributed by atoms with Crippen molar-refractivity contribution in [2.75, 3.05) is 7.11 Å². The molecule has 0 aliphatic rings. The first-order valence-corrected chi connectivity index (χ1v) is 9.87. The molecule has 2 rings (SSSR count). The van der Waals surface area contributed by atoms with E-state index in [0.29, 0.717) is 15.8 Å². The predicted octanol–water partition coefficient (Wildman–Crippen LogP) is 4.98. The monoisotopic (exact) mass is 397 g/mol. The highest BCUT2D eigenvalue weighted by molar-refractivity contribution is 7.80. The average molecular weight is 398 g/mol. The van der Waals surface area contributed by atoms with Crippen molar-refractivity contribution in [3.63, 3.8) is 0 Å². The summed E-state index contributed by atoms with van der Waals surface area (Å²) in [6.07, 6.45) is 2.15. The zero-order chi connectivity index (χ0) is 18.6. The fourth-order valence-electron chi connectivity index (χ4n) is 2.14. The summed E-state index contributed by atoms with van der Waals surface area (Å²) in [6, 6.07) is 5.37. The topological polar surface area (TPSA) is 39.4 Å². The Morgan fingerprint density at radius 2 is 2.12 bits per heavy atom. The van der Waals surface area contributed by atoms with E-state index in [1.54, 1.807) is 36.6 Å². The molecule has 0 spiro atoms. The van der Waals surface area contributed by atoms with Gasteiger partial charge in [-0.2, -0.15) is 5.10 Å². The second-order valence-corrected chi connectivity index (χ2v) is 8.56. The van der Waals surface area contributed by atoms with E-state index in [1.165, 1.54) is 0 Å². The van der Waals surface area contributed by atoms with Gasteiger partial charge in [0.05, 0.1) is 12.7 Å². The molecule has 7 heteroatoms. The summed E-state index contributed by atoms with van der Waals surface area (Å²) in [5, 5.41) is 6.40. The number of rotatable bonds is 5. The molecular weight excluding hydrogens is 374 g/mol. The summed E-state index contributed by atoms with van der Waals surface area (Å²) in [5.41, 5.74) is 0.694. The molecule has 0 radical (unpaired) electrons. The van der Waals surface area contributed by atoms with Crippen molar-refractivity contribution in [1.82, 2.24) is 9.78 Å². The van der Waals surface area contributed by atoms with Gasteiger partial charge >= 0.3 is 0 Å². The van der Waals surface area contributed by atoms with Gasteiger partial charge in [0.2, 0.25) is 4.80 Å². The molecule has 1 aromatic carbocycles. The van der Waals surface area contributed by atoms with Crippen molar-refractivity contribution in [3.8, 4) is 5.75 Å². The summed E-state index contributed by atoms with van der Waals surface area (Å²) >= 11 is 13.2. The number of aromatic nitrogens is 2. The minimum Gasteiger partial charge on any atom is -0.496 e. The van der Waals surface area contributed by atoms with Crippen LogP contribution in [0.4, 0.5) is 0 Å². The van der Waals surface area contributed by atoms with Crippen LogP contribution in [0.1, 0.15) is 51.1 Å². The molecule has 0 amide bonds. The first-order valence-electron chi connectivity index (χ1n) is 8.27. The third kappa shape index (κ3) is 5.12. The van der Waals surface area contributed by atoms with Crippen molar-refractivity contribution >= 4 is 40.1 Å². The number of nitrogens with zero attached hydrogens (tertiary/aromatic N) is 3. The maximum atomic E-state index is 6.11. The number of thiocarbonyl (C=S) groups is 1. The molecule has 2 aromatic rings. The van der Waals surface area contributed by atoms with Gasteiger partial charge in [0, 0.05) is 17.0 Å². The smallest absolute Gasteiger partial charge is 0.209 e. The summed E-state index contributed by atoms with van der Waals surface area (Å²) in [7, 11) is 1.61. The largest absolute Gasteiger partial charge is 0.496 e.